The maximum atomic E-state index is 9.83. The van der Waals surface area contributed by atoms with E-state index in [2.05, 4.69) is 15.9 Å². The topological polar surface area (TPSA) is 43.7 Å². The summed E-state index contributed by atoms with van der Waals surface area (Å²) in [6.07, 6.45) is -0.526. The van der Waals surface area contributed by atoms with Crippen molar-refractivity contribution in [3.05, 3.63) is 28.2 Å². The SMILES string of the molecule is CC(O)c1ccc(Br)cc1N(C)CC(C)(C)O. The Kier molecular flexibility index (Phi) is 4.58. The predicted octanol–water partition coefficient (Wildman–Crippen LogP) is 2.71. The summed E-state index contributed by atoms with van der Waals surface area (Å²) in [5.41, 5.74) is 1.02. The highest BCUT2D eigenvalue weighted by molar-refractivity contribution is 9.10. The maximum Gasteiger partial charge on any atom is 0.0782 e. The first kappa shape index (κ1) is 14.5. The van der Waals surface area contributed by atoms with Crippen LogP contribution in [0.15, 0.2) is 22.7 Å². The molecule has 96 valence electrons. The molecule has 0 saturated heterocycles. The van der Waals surface area contributed by atoms with Gasteiger partial charge in [-0.2, -0.15) is 0 Å². The quantitative estimate of drug-likeness (QED) is 0.899. The van der Waals surface area contributed by atoms with Gasteiger partial charge in [0.25, 0.3) is 0 Å². The summed E-state index contributed by atoms with van der Waals surface area (Å²) >= 11 is 3.42. The van der Waals surface area contributed by atoms with Gasteiger partial charge in [0.1, 0.15) is 0 Å². The van der Waals surface area contributed by atoms with Crippen LogP contribution >= 0.6 is 15.9 Å². The second kappa shape index (κ2) is 5.38. The standard InChI is InChI=1S/C13H20BrNO2/c1-9(16)11-6-5-10(14)7-12(11)15(4)8-13(2,3)17/h5-7,9,16-17H,8H2,1-4H3. The Labute approximate surface area is 111 Å². The number of aliphatic hydroxyl groups is 2. The van der Waals surface area contributed by atoms with Crippen LogP contribution in [0.3, 0.4) is 0 Å². The lowest BCUT2D eigenvalue weighted by Crippen LogP contribution is -2.36. The summed E-state index contributed by atoms with van der Waals surface area (Å²) in [4.78, 5) is 1.95. The molecule has 0 amide bonds. The van der Waals surface area contributed by atoms with Crippen molar-refractivity contribution in [1.29, 1.82) is 0 Å². The fourth-order valence-corrected chi connectivity index (χ4v) is 2.22. The number of aliphatic hydroxyl groups excluding tert-OH is 1. The van der Waals surface area contributed by atoms with E-state index in [4.69, 9.17) is 0 Å². The molecule has 0 aliphatic carbocycles. The third-order valence-electron chi connectivity index (χ3n) is 2.48. The third-order valence-corrected chi connectivity index (χ3v) is 2.97. The fraction of sp³-hybridized carbons (Fsp3) is 0.538. The van der Waals surface area contributed by atoms with Gasteiger partial charge in [-0.05, 0) is 32.9 Å². The summed E-state index contributed by atoms with van der Waals surface area (Å²) in [6, 6.07) is 5.75. The molecular formula is C13H20BrNO2. The normalized spacial score (nSPS) is 13.6. The van der Waals surface area contributed by atoms with Crippen molar-refractivity contribution in [2.45, 2.75) is 32.5 Å². The van der Waals surface area contributed by atoms with Crippen molar-refractivity contribution < 1.29 is 10.2 Å². The third kappa shape index (κ3) is 4.30. The molecule has 1 unspecified atom stereocenters. The average Bonchev–Trinajstić information content (AvgIpc) is 2.14. The molecule has 1 atom stereocenters. The van der Waals surface area contributed by atoms with E-state index >= 15 is 0 Å². The van der Waals surface area contributed by atoms with E-state index in [1.165, 1.54) is 0 Å². The molecule has 0 heterocycles. The van der Waals surface area contributed by atoms with Gasteiger partial charge in [-0.3, -0.25) is 0 Å². The van der Waals surface area contributed by atoms with Crippen LogP contribution in [0.5, 0.6) is 0 Å². The molecule has 4 heteroatoms. The van der Waals surface area contributed by atoms with Gasteiger partial charge in [0.15, 0.2) is 0 Å². The van der Waals surface area contributed by atoms with Crippen LogP contribution in [0.2, 0.25) is 0 Å². The van der Waals surface area contributed by atoms with Crippen molar-refractivity contribution in [3.63, 3.8) is 0 Å². The van der Waals surface area contributed by atoms with Crippen LogP contribution in [-0.4, -0.2) is 29.4 Å². The number of anilines is 1. The van der Waals surface area contributed by atoms with Gasteiger partial charge in [-0.1, -0.05) is 22.0 Å². The Morgan fingerprint density at radius 1 is 1.41 bits per heavy atom. The molecule has 0 aromatic heterocycles. The van der Waals surface area contributed by atoms with E-state index in [0.717, 1.165) is 15.7 Å². The fourth-order valence-electron chi connectivity index (χ4n) is 1.87. The molecule has 3 nitrogen and oxygen atoms in total. The highest BCUT2D eigenvalue weighted by atomic mass is 79.9. The zero-order valence-corrected chi connectivity index (χ0v) is 12.3. The Hall–Kier alpha value is -0.580. The van der Waals surface area contributed by atoms with Gasteiger partial charge in [0.05, 0.1) is 11.7 Å². The molecule has 0 fully saturated rings. The van der Waals surface area contributed by atoms with Crippen LogP contribution in [0.4, 0.5) is 5.69 Å². The molecule has 17 heavy (non-hydrogen) atoms. The zero-order valence-electron chi connectivity index (χ0n) is 10.7. The first-order valence-electron chi connectivity index (χ1n) is 5.62. The number of nitrogens with zero attached hydrogens (tertiary/aromatic N) is 1. The van der Waals surface area contributed by atoms with Crippen molar-refractivity contribution in [3.8, 4) is 0 Å². The van der Waals surface area contributed by atoms with Crippen molar-refractivity contribution in [2.24, 2.45) is 0 Å². The Morgan fingerprint density at radius 2 is 2.00 bits per heavy atom. The number of likely N-dealkylation sites (N-methyl/N-ethyl adjacent to an activating group) is 1. The number of hydrogen-bond acceptors (Lipinski definition) is 3. The van der Waals surface area contributed by atoms with Crippen LogP contribution in [0.25, 0.3) is 0 Å². The number of benzene rings is 1. The van der Waals surface area contributed by atoms with E-state index in [1.54, 1.807) is 20.8 Å². The molecule has 0 aliphatic rings. The van der Waals surface area contributed by atoms with E-state index in [9.17, 15) is 10.2 Å². The van der Waals surface area contributed by atoms with Gasteiger partial charge >= 0.3 is 0 Å². The summed E-state index contributed by atoms with van der Waals surface area (Å²) in [6.45, 7) is 5.78. The first-order valence-corrected chi connectivity index (χ1v) is 6.41. The minimum Gasteiger partial charge on any atom is -0.389 e. The van der Waals surface area contributed by atoms with E-state index < -0.39 is 11.7 Å². The molecule has 1 aromatic carbocycles. The molecular weight excluding hydrogens is 282 g/mol. The lowest BCUT2D eigenvalue weighted by molar-refractivity contribution is 0.0884. The highest BCUT2D eigenvalue weighted by Crippen LogP contribution is 2.29. The van der Waals surface area contributed by atoms with E-state index in [1.807, 2.05) is 30.1 Å². The number of rotatable bonds is 4. The molecule has 0 spiro atoms. The molecule has 0 radical (unpaired) electrons. The van der Waals surface area contributed by atoms with Crippen LogP contribution in [0.1, 0.15) is 32.4 Å². The highest BCUT2D eigenvalue weighted by Gasteiger charge is 2.19. The lowest BCUT2D eigenvalue weighted by atomic mass is 10.1. The molecule has 0 saturated carbocycles. The van der Waals surface area contributed by atoms with E-state index in [0.29, 0.717) is 6.54 Å². The van der Waals surface area contributed by atoms with E-state index in [-0.39, 0.29) is 0 Å². The molecule has 2 N–H and O–H groups in total. The van der Waals surface area contributed by atoms with Crippen molar-refractivity contribution in [1.82, 2.24) is 0 Å². The Balaban J connectivity index is 3.06. The summed E-state index contributed by atoms with van der Waals surface area (Å²) < 4.78 is 0.958. The summed E-state index contributed by atoms with van der Waals surface area (Å²) in [5, 5.41) is 19.6. The molecule has 1 aromatic rings. The summed E-state index contributed by atoms with van der Waals surface area (Å²) in [7, 11) is 1.91. The minimum absolute atomic E-state index is 0.503. The van der Waals surface area contributed by atoms with Crippen molar-refractivity contribution in [2.75, 3.05) is 18.5 Å². The lowest BCUT2D eigenvalue weighted by Gasteiger charge is -2.29. The van der Waals surface area contributed by atoms with Gasteiger partial charge < -0.3 is 15.1 Å². The molecule has 0 aliphatic heterocycles. The van der Waals surface area contributed by atoms with Crippen molar-refractivity contribution >= 4 is 21.6 Å². The second-order valence-electron chi connectivity index (χ2n) is 5.05. The smallest absolute Gasteiger partial charge is 0.0782 e. The monoisotopic (exact) mass is 301 g/mol. The van der Waals surface area contributed by atoms with Gasteiger partial charge in [-0.15, -0.1) is 0 Å². The number of halogens is 1. The maximum absolute atomic E-state index is 9.83. The average molecular weight is 302 g/mol. The largest absolute Gasteiger partial charge is 0.389 e. The Bertz CT molecular complexity index is 385. The summed E-state index contributed by atoms with van der Waals surface area (Å²) in [5.74, 6) is 0. The second-order valence-corrected chi connectivity index (χ2v) is 5.96. The Morgan fingerprint density at radius 3 is 2.47 bits per heavy atom. The zero-order chi connectivity index (χ0) is 13.2. The van der Waals surface area contributed by atoms with Gasteiger partial charge in [0.2, 0.25) is 0 Å². The molecule has 1 rings (SSSR count). The van der Waals surface area contributed by atoms with Crippen LogP contribution in [-0.2, 0) is 0 Å². The van der Waals surface area contributed by atoms with Gasteiger partial charge in [0, 0.05) is 29.3 Å². The first-order chi connectivity index (χ1) is 7.70. The molecule has 0 bridgehead atoms. The van der Waals surface area contributed by atoms with Crippen LogP contribution in [0, 0.1) is 0 Å². The predicted molar refractivity (Wildman–Crippen MR) is 74.3 cm³/mol. The number of hydrogen-bond donors (Lipinski definition) is 2. The van der Waals surface area contributed by atoms with Gasteiger partial charge in [-0.25, -0.2) is 0 Å². The van der Waals surface area contributed by atoms with Crippen LogP contribution < -0.4 is 4.90 Å². The minimum atomic E-state index is -0.771.